The van der Waals surface area contributed by atoms with Crippen molar-refractivity contribution in [3.8, 4) is 0 Å². The molecule has 0 saturated carbocycles. The van der Waals surface area contributed by atoms with Gasteiger partial charge in [-0.3, -0.25) is 0 Å². The van der Waals surface area contributed by atoms with Gasteiger partial charge >= 0.3 is 6.09 Å². The molecule has 0 bridgehead atoms. The zero-order chi connectivity index (χ0) is 14.0. The highest BCUT2D eigenvalue weighted by Crippen LogP contribution is 2.10. The van der Waals surface area contributed by atoms with Crippen LogP contribution < -0.4 is 0 Å². The number of aldehydes is 1. The molecule has 0 saturated heterocycles. The van der Waals surface area contributed by atoms with Crippen LogP contribution in [-0.2, 0) is 14.4 Å². The lowest BCUT2D eigenvalue weighted by molar-refractivity contribution is -0.108. The molecule has 0 aromatic heterocycles. The van der Waals surface area contributed by atoms with Gasteiger partial charge in [-0.15, -0.1) is 0 Å². The molecular weight excluding hydrogens is 236 g/mol. The molecule has 0 aliphatic heterocycles. The summed E-state index contributed by atoms with van der Waals surface area (Å²) in [6.45, 7) is 6.15. The highest BCUT2D eigenvalue weighted by molar-refractivity contribution is 5.73. The number of nitrogens with zero attached hydrogens (tertiary/aromatic N) is 2. The van der Waals surface area contributed by atoms with E-state index in [9.17, 15) is 9.59 Å². The number of carbonyl (C=O) groups excluding carboxylic acids is 2. The Kier molecular flexibility index (Phi) is 7.74. The fourth-order valence-corrected chi connectivity index (χ4v) is 1.16. The van der Waals surface area contributed by atoms with Gasteiger partial charge in [-0.1, -0.05) is 5.16 Å². The number of oxime groups is 1. The normalized spacial score (nSPS) is 11.3. The van der Waals surface area contributed by atoms with E-state index < -0.39 is 11.7 Å². The zero-order valence-electron chi connectivity index (χ0n) is 11.5. The summed E-state index contributed by atoms with van der Waals surface area (Å²) >= 11 is 0. The van der Waals surface area contributed by atoms with E-state index >= 15 is 0 Å². The molecular formula is C12H22N2O4. The molecule has 6 heteroatoms. The molecule has 0 atom stereocenters. The number of unbranched alkanes of at least 4 members (excludes halogenated alkanes) is 1. The summed E-state index contributed by atoms with van der Waals surface area (Å²) in [6, 6.07) is 0. The smallest absolute Gasteiger partial charge is 0.410 e. The van der Waals surface area contributed by atoms with Gasteiger partial charge in [-0.25, -0.2) is 4.79 Å². The van der Waals surface area contributed by atoms with Gasteiger partial charge in [-0.2, -0.15) is 0 Å². The van der Waals surface area contributed by atoms with Crippen LogP contribution in [0.4, 0.5) is 4.79 Å². The first-order valence-electron chi connectivity index (χ1n) is 5.87. The number of hydrogen-bond acceptors (Lipinski definition) is 5. The van der Waals surface area contributed by atoms with Gasteiger partial charge in [0.25, 0.3) is 0 Å². The largest absolute Gasteiger partial charge is 0.444 e. The average molecular weight is 258 g/mol. The topological polar surface area (TPSA) is 68.2 Å². The molecule has 0 aromatic carbocycles. The van der Waals surface area contributed by atoms with Crippen LogP contribution in [0.15, 0.2) is 5.16 Å². The Morgan fingerprint density at radius 1 is 1.39 bits per heavy atom. The van der Waals surface area contributed by atoms with Crippen molar-refractivity contribution in [3.05, 3.63) is 0 Å². The zero-order valence-corrected chi connectivity index (χ0v) is 11.5. The lowest BCUT2D eigenvalue weighted by Crippen LogP contribution is -2.38. The molecule has 6 nitrogen and oxygen atoms in total. The fraction of sp³-hybridized carbons (Fsp3) is 0.750. The number of hydrogen-bond donors (Lipinski definition) is 0. The first-order chi connectivity index (χ1) is 8.40. The quantitative estimate of drug-likeness (QED) is 0.302. The fourth-order valence-electron chi connectivity index (χ4n) is 1.16. The van der Waals surface area contributed by atoms with Crippen molar-refractivity contribution in [1.29, 1.82) is 0 Å². The first-order valence-corrected chi connectivity index (χ1v) is 5.87. The van der Waals surface area contributed by atoms with Crippen LogP contribution in [0.3, 0.4) is 0 Å². The molecule has 0 spiro atoms. The maximum atomic E-state index is 11.9. The first kappa shape index (κ1) is 16.4. The van der Waals surface area contributed by atoms with E-state index in [1.54, 1.807) is 20.8 Å². The Morgan fingerprint density at radius 2 is 2.06 bits per heavy atom. The van der Waals surface area contributed by atoms with Crippen LogP contribution in [-0.4, -0.2) is 49.3 Å². The lowest BCUT2D eigenvalue weighted by atomic mass is 10.2. The van der Waals surface area contributed by atoms with Crippen LogP contribution in [0.2, 0.25) is 0 Å². The molecule has 18 heavy (non-hydrogen) atoms. The second-order valence-electron chi connectivity index (χ2n) is 4.71. The van der Waals surface area contributed by atoms with E-state index in [0.717, 1.165) is 6.29 Å². The van der Waals surface area contributed by atoms with E-state index in [-0.39, 0.29) is 0 Å². The van der Waals surface area contributed by atoms with E-state index in [2.05, 4.69) is 9.99 Å². The molecule has 0 radical (unpaired) electrons. The highest BCUT2D eigenvalue weighted by atomic mass is 16.6. The van der Waals surface area contributed by atoms with E-state index in [0.29, 0.717) is 25.9 Å². The van der Waals surface area contributed by atoms with Gasteiger partial charge in [-0.05, 0) is 27.2 Å². The molecule has 0 aliphatic carbocycles. The SMILES string of the molecule is CO/N=C/CN(CCCC=O)C(=O)OC(C)(C)C. The minimum absolute atomic E-state index is 0.293. The Bertz CT molecular complexity index is 284. The molecule has 104 valence electrons. The highest BCUT2D eigenvalue weighted by Gasteiger charge is 2.21. The van der Waals surface area contributed by atoms with Crippen molar-refractivity contribution in [2.45, 2.75) is 39.2 Å². The van der Waals surface area contributed by atoms with Crippen LogP contribution in [0.1, 0.15) is 33.6 Å². The number of carbonyl (C=O) groups is 2. The standard InChI is InChI=1S/C12H22N2O4/c1-12(2,3)18-11(16)14(8-5-6-10-15)9-7-13-17-4/h7,10H,5-6,8-9H2,1-4H3/b13-7+. The van der Waals surface area contributed by atoms with Crippen molar-refractivity contribution in [3.63, 3.8) is 0 Å². The summed E-state index contributed by atoms with van der Waals surface area (Å²) in [5.41, 5.74) is -0.543. The molecule has 0 heterocycles. The van der Waals surface area contributed by atoms with Crippen molar-refractivity contribution in [1.82, 2.24) is 4.90 Å². The number of amides is 1. The van der Waals surface area contributed by atoms with Gasteiger partial charge in [0.1, 0.15) is 19.0 Å². The molecule has 0 aromatic rings. The van der Waals surface area contributed by atoms with Crippen molar-refractivity contribution < 1.29 is 19.2 Å². The van der Waals surface area contributed by atoms with Crippen LogP contribution in [0.5, 0.6) is 0 Å². The van der Waals surface area contributed by atoms with E-state index in [1.807, 2.05) is 0 Å². The maximum absolute atomic E-state index is 11.9. The predicted octanol–water partition coefficient (Wildman–Crippen LogP) is 1.83. The number of rotatable bonds is 7. The number of ether oxygens (including phenoxy) is 1. The minimum Gasteiger partial charge on any atom is -0.444 e. The third-order valence-electron chi connectivity index (χ3n) is 1.88. The monoisotopic (exact) mass is 258 g/mol. The van der Waals surface area contributed by atoms with E-state index in [1.165, 1.54) is 18.2 Å². The Labute approximate surface area is 108 Å². The van der Waals surface area contributed by atoms with Gasteiger partial charge in [0.15, 0.2) is 0 Å². The van der Waals surface area contributed by atoms with Crippen LogP contribution in [0, 0.1) is 0 Å². The molecule has 0 unspecified atom stereocenters. The third-order valence-corrected chi connectivity index (χ3v) is 1.88. The molecule has 0 rings (SSSR count). The Morgan fingerprint density at radius 3 is 2.56 bits per heavy atom. The second-order valence-corrected chi connectivity index (χ2v) is 4.71. The summed E-state index contributed by atoms with van der Waals surface area (Å²) in [6.07, 6.45) is 2.90. The molecule has 0 aliphatic rings. The maximum Gasteiger partial charge on any atom is 0.410 e. The Balaban J connectivity index is 4.38. The van der Waals surface area contributed by atoms with Crippen molar-refractivity contribution in [2.75, 3.05) is 20.2 Å². The van der Waals surface area contributed by atoms with Gasteiger partial charge in [0.05, 0.1) is 12.8 Å². The summed E-state index contributed by atoms with van der Waals surface area (Å²) in [4.78, 5) is 28.1. The van der Waals surface area contributed by atoms with Crippen molar-refractivity contribution in [2.24, 2.45) is 5.16 Å². The molecule has 0 N–H and O–H groups in total. The van der Waals surface area contributed by atoms with Gasteiger partial charge in [0.2, 0.25) is 0 Å². The Hall–Kier alpha value is -1.59. The average Bonchev–Trinajstić information content (AvgIpc) is 2.25. The van der Waals surface area contributed by atoms with E-state index in [4.69, 9.17) is 4.74 Å². The third kappa shape index (κ3) is 8.55. The van der Waals surface area contributed by atoms with Crippen molar-refractivity contribution >= 4 is 18.6 Å². The van der Waals surface area contributed by atoms with Crippen LogP contribution >= 0.6 is 0 Å². The van der Waals surface area contributed by atoms with Crippen LogP contribution in [0.25, 0.3) is 0 Å². The summed E-state index contributed by atoms with van der Waals surface area (Å²) in [5, 5.41) is 3.57. The second kappa shape index (κ2) is 8.49. The summed E-state index contributed by atoms with van der Waals surface area (Å²) < 4.78 is 5.26. The molecule has 0 fully saturated rings. The lowest BCUT2D eigenvalue weighted by Gasteiger charge is -2.26. The minimum atomic E-state index is -0.543. The molecule has 1 amide bonds. The predicted molar refractivity (Wildman–Crippen MR) is 68.6 cm³/mol. The summed E-state index contributed by atoms with van der Waals surface area (Å²) in [7, 11) is 1.43. The summed E-state index contributed by atoms with van der Waals surface area (Å²) in [5.74, 6) is 0. The van der Waals surface area contributed by atoms with Gasteiger partial charge in [0, 0.05) is 13.0 Å². The van der Waals surface area contributed by atoms with Gasteiger partial charge < -0.3 is 19.3 Å².